The fourth-order valence-corrected chi connectivity index (χ4v) is 2.56. The van der Waals surface area contributed by atoms with Gasteiger partial charge in [0.1, 0.15) is 0 Å². The van der Waals surface area contributed by atoms with Gasteiger partial charge >= 0.3 is 0 Å². The molecule has 0 spiro atoms. The first-order chi connectivity index (χ1) is 8.05. The quantitative estimate of drug-likeness (QED) is 0.602. The van der Waals surface area contributed by atoms with Gasteiger partial charge in [0.15, 0.2) is 5.75 Å². The average Bonchev–Trinajstić information content (AvgIpc) is 2.77. The lowest BCUT2D eigenvalue weighted by molar-refractivity contribution is 0.362. The summed E-state index contributed by atoms with van der Waals surface area (Å²) >= 11 is 0. The molecular formula is C12H22N4O. The fraction of sp³-hybridized carbons (Fsp3) is 0.750. The SMILES string of the molecule is CCn1ncc(OC)c1C(NN)C1CC1(C)C. The van der Waals surface area contributed by atoms with Crippen LogP contribution in [-0.2, 0) is 6.54 Å². The molecule has 1 saturated carbocycles. The Morgan fingerprint density at radius 3 is 2.76 bits per heavy atom. The number of hydrogen-bond acceptors (Lipinski definition) is 4. The highest BCUT2D eigenvalue weighted by atomic mass is 16.5. The Kier molecular flexibility index (Phi) is 3.14. The number of nitrogens with two attached hydrogens (primary N) is 1. The van der Waals surface area contributed by atoms with E-state index in [1.54, 1.807) is 13.3 Å². The van der Waals surface area contributed by atoms with Gasteiger partial charge in [-0.3, -0.25) is 16.0 Å². The zero-order valence-corrected chi connectivity index (χ0v) is 11.0. The highest BCUT2D eigenvalue weighted by Gasteiger charge is 2.51. The molecule has 0 bridgehead atoms. The van der Waals surface area contributed by atoms with Crippen LogP contribution in [0, 0.1) is 11.3 Å². The van der Waals surface area contributed by atoms with Gasteiger partial charge < -0.3 is 4.74 Å². The van der Waals surface area contributed by atoms with Crippen LogP contribution in [0.3, 0.4) is 0 Å². The van der Waals surface area contributed by atoms with Crippen LogP contribution in [0.15, 0.2) is 6.20 Å². The van der Waals surface area contributed by atoms with Crippen LogP contribution in [-0.4, -0.2) is 16.9 Å². The molecular weight excluding hydrogens is 216 g/mol. The van der Waals surface area contributed by atoms with E-state index in [1.165, 1.54) is 6.42 Å². The van der Waals surface area contributed by atoms with Gasteiger partial charge in [-0.25, -0.2) is 0 Å². The maximum atomic E-state index is 5.73. The zero-order valence-electron chi connectivity index (χ0n) is 11.0. The number of hydrogen-bond donors (Lipinski definition) is 2. The van der Waals surface area contributed by atoms with Crippen LogP contribution in [0.5, 0.6) is 5.75 Å². The molecule has 2 atom stereocenters. The standard InChI is InChI=1S/C12H22N4O/c1-5-16-11(9(17-4)7-14-16)10(15-13)8-6-12(8,2)3/h7-8,10,15H,5-6,13H2,1-4H3. The van der Waals surface area contributed by atoms with Gasteiger partial charge in [0.05, 0.1) is 25.0 Å². The molecule has 1 aliphatic rings. The predicted molar refractivity (Wildman–Crippen MR) is 66.4 cm³/mol. The molecule has 1 aliphatic carbocycles. The largest absolute Gasteiger partial charge is 0.493 e. The van der Waals surface area contributed by atoms with Gasteiger partial charge in [-0.2, -0.15) is 5.10 Å². The lowest BCUT2D eigenvalue weighted by Gasteiger charge is -2.20. The molecule has 0 amide bonds. The molecule has 5 nitrogen and oxygen atoms in total. The van der Waals surface area contributed by atoms with E-state index in [1.807, 2.05) is 4.68 Å². The van der Waals surface area contributed by atoms with E-state index in [9.17, 15) is 0 Å². The summed E-state index contributed by atoms with van der Waals surface area (Å²) in [5.74, 6) is 7.09. The normalized spacial score (nSPS) is 23.5. The smallest absolute Gasteiger partial charge is 0.161 e. The highest BCUT2D eigenvalue weighted by molar-refractivity contribution is 5.30. The topological polar surface area (TPSA) is 65.1 Å². The number of nitrogens with one attached hydrogen (secondary N) is 1. The van der Waals surface area contributed by atoms with Crippen molar-refractivity contribution < 1.29 is 4.74 Å². The summed E-state index contributed by atoms with van der Waals surface area (Å²) in [5.41, 5.74) is 4.35. The van der Waals surface area contributed by atoms with Crippen LogP contribution in [0.2, 0.25) is 0 Å². The van der Waals surface area contributed by atoms with Crippen molar-refractivity contribution in [2.75, 3.05) is 7.11 Å². The molecule has 1 heterocycles. The summed E-state index contributed by atoms with van der Waals surface area (Å²) in [4.78, 5) is 0. The minimum Gasteiger partial charge on any atom is -0.493 e. The highest BCUT2D eigenvalue weighted by Crippen LogP contribution is 2.58. The van der Waals surface area contributed by atoms with Gasteiger partial charge in [-0.1, -0.05) is 13.8 Å². The van der Waals surface area contributed by atoms with Crippen molar-refractivity contribution in [3.63, 3.8) is 0 Å². The second-order valence-electron chi connectivity index (χ2n) is 5.36. The molecule has 2 unspecified atom stereocenters. The Morgan fingerprint density at radius 1 is 1.71 bits per heavy atom. The molecule has 0 aromatic carbocycles. The van der Waals surface area contributed by atoms with Crippen molar-refractivity contribution >= 4 is 0 Å². The number of aryl methyl sites for hydroxylation is 1. The summed E-state index contributed by atoms with van der Waals surface area (Å²) in [6, 6.07) is 0.113. The van der Waals surface area contributed by atoms with Crippen molar-refractivity contribution in [3.05, 3.63) is 11.9 Å². The van der Waals surface area contributed by atoms with Crippen molar-refractivity contribution in [2.24, 2.45) is 17.2 Å². The van der Waals surface area contributed by atoms with Crippen LogP contribution < -0.4 is 16.0 Å². The molecule has 1 aromatic rings. The molecule has 0 aliphatic heterocycles. The molecule has 0 saturated heterocycles. The minimum atomic E-state index is 0.113. The predicted octanol–water partition coefficient (Wildman–Crippen LogP) is 1.46. The van der Waals surface area contributed by atoms with Crippen LogP contribution in [0.1, 0.15) is 38.9 Å². The number of rotatable bonds is 5. The monoisotopic (exact) mass is 238 g/mol. The van der Waals surface area contributed by atoms with Gasteiger partial charge in [-0.05, 0) is 24.7 Å². The second-order valence-corrected chi connectivity index (χ2v) is 5.36. The van der Waals surface area contributed by atoms with Crippen LogP contribution in [0.4, 0.5) is 0 Å². The first-order valence-electron chi connectivity index (χ1n) is 6.11. The number of aromatic nitrogens is 2. The minimum absolute atomic E-state index is 0.113. The van der Waals surface area contributed by atoms with Crippen molar-refractivity contribution in [1.29, 1.82) is 0 Å². The van der Waals surface area contributed by atoms with Crippen LogP contribution in [0.25, 0.3) is 0 Å². The summed E-state index contributed by atoms with van der Waals surface area (Å²) in [7, 11) is 1.67. The van der Waals surface area contributed by atoms with Gasteiger partial charge in [-0.15, -0.1) is 0 Å². The Labute approximate surface area is 102 Å². The lowest BCUT2D eigenvalue weighted by Crippen LogP contribution is -2.32. The van der Waals surface area contributed by atoms with Crippen molar-refractivity contribution in [3.8, 4) is 5.75 Å². The maximum absolute atomic E-state index is 5.73. The zero-order chi connectivity index (χ0) is 12.6. The number of nitrogens with zero attached hydrogens (tertiary/aromatic N) is 2. The Hall–Kier alpha value is -1.07. The third-order valence-corrected chi connectivity index (χ3v) is 3.83. The van der Waals surface area contributed by atoms with Crippen LogP contribution >= 0.6 is 0 Å². The molecule has 1 aromatic heterocycles. The van der Waals surface area contributed by atoms with E-state index in [0.29, 0.717) is 11.3 Å². The Balaban J connectivity index is 2.33. The fourth-order valence-electron chi connectivity index (χ4n) is 2.56. The number of methoxy groups -OCH3 is 1. The van der Waals surface area contributed by atoms with E-state index < -0.39 is 0 Å². The summed E-state index contributed by atoms with van der Waals surface area (Å²) in [5, 5.41) is 4.33. The molecule has 17 heavy (non-hydrogen) atoms. The third-order valence-electron chi connectivity index (χ3n) is 3.83. The molecule has 96 valence electrons. The number of ether oxygens (including phenoxy) is 1. The van der Waals surface area contributed by atoms with E-state index in [0.717, 1.165) is 18.0 Å². The van der Waals surface area contributed by atoms with E-state index in [4.69, 9.17) is 10.6 Å². The first-order valence-corrected chi connectivity index (χ1v) is 6.11. The van der Waals surface area contributed by atoms with E-state index >= 15 is 0 Å². The van der Waals surface area contributed by atoms with Gasteiger partial charge in [0, 0.05) is 6.54 Å². The lowest BCUT2D eigenvalue weighted by atomic mass is 10.0. The third kappa shape index (κ3) is 2.05. The van der Waals surface area contributed by atoms with E-state index in [-0.39, 0.29) is 6.04 Å². The summed E-state index contributed by atoms with van der Waals surface area (Å²) < 4.78 is 7.33. The second kappa shape index (κ2) is 4.31. The molecule has 0 radical (unpaired) electrons. The summed E-state index contributed by atoms with van der Waals surface area (Å²) in [6.07, 6.45) is 2.94. The van der Waals surface area contributed by atoms with E-state index in [2.05, 4.69) is 31.3 Å². The average molecular weight is 238 g/mol. The Bertz CT molecular complexity index is 378. The molecule has 2 rings (SSSR count). The first kappa shape index (κ1) is 12.4. The maximum Gasteiger partial charge on any atom is 0.161 e. The molecule has 1 fully saturated rings. The van der Waals surface area contributed by atoms with Crippen molar-refractivity contribution in [2.45, 2.75) is 39.8 Å². The Morgan fingerprint density at radius 2 is 2.35 bits per heavy atom. The molecule has 5 heteroatoms. The molecule has 3 N–H and O–H groups in total. The number of hydrazine groups is 1. The van der Waals surface area contributed by atoms with Crippen molar-refractivity contribution in [1.82, 2.24) is 15.2 Å². The van der Waals surface area contributed by atoms with Gasteiger partial charge in [0.2, 0.25) is 0 Å². The summed E-state index contributed by atoms with van der Waals surface area (Å²) in [6.45, 7) is 7.42. The van der Waals surface area contributed by atoms with Gasteiger partial charge in [0.25, 0.3) is 0 Å².